The van der Waals surface area contributed by atoms with Crippen molar-refractivity contribution in [1.82, 2.24) is 9.80 Å². The van der Waals surface area contributed by atoms with Crippen LogP contribution in [0.1, 0.15) is 42.5 Å². The van der Waals surface area contributed by atoms with Crippen molar-refractivity contribution in [2.24, 2.45) is 17.8 Å². The van der Waals surface area contributed by atoms with E-state index in [9.17, 15) is 14.0 Å². The highest BCUT2D eigenvalue weighted by atomic mass is 35.5. The normalized spacial score (nSPS) is 27.8. The number of piperazine rings is 1. The van der Waals surface area contributed by atoms with Crippen LogP contribution in [0.5, 0.6) is 0 Å². The predicted octanol–water partition coefficient (Wildman–Crippen LogP) is 3.59. The van der Waals surface area contributed by atoms with Crippen molar-refractivity contribution in [3.05, 3.63) is 34.6 Å². The number of benzene rings is 1. The molecule has 1 saturated heterocycles. The minimum atomic E-state index is -0.561. The molecular formula is C20H24ClFN2O2. The summed E-state index contributed by atoms with van der Waals surface area (Å²) in [5, 5.41) is 0.342. The third-order valence-electron chi connectivity index (χ3n) is 6.40. The van der Waals surface area contributed by atoms with Crippen LogP contribution in [0.25, 0.3) is 0 Å². The van der Waals surface area contributed by atoms with Crippen LogP contribution in [0.2, 0.25) is 5.02 Å². The zero-order chi connectivity index (χ0) is 18.3. The molecule has 140 valence electrons. The van der Waals surface area contributed by atoms with Crippen LogP contribution in [0, 0.1) is 23.6 Å². The molecule has 2 amide bonds. The van der Waals surface area contributed by atoms with E-state index in [1.807, 2.05) is 4.90 Å². The number of rotatable bonds is 3. The molecule has 1 heterocycles. The molecule has 2 aliphatic carbocycles. The summed E-state index contributed by atoms with van der Waals surface area (Å²) in [6.45, 7) is 1.92. The first kappa shape index (κ1) is 17.8. The van der Waals surface area contributed by atoms with E-state index in [1.165, 1.54) is 43.9 Å². The zero-order valence-electron chi connectivity index (χ0n) is 14.8. The van der Waals surface area contributed by atoms with E-state index in [0.29, 0.717) is 43.5 Å². The Kier molecular flexibility index (Phi) is 4.91. The Morgan fingerprint density at radius 2 is 1.81 bits per heavy atom. The fourth-order valence-corrected chi connectivity index (χ4v) is 5.14. The van der Waals surface area contributed by atoms with Crippen molar-refractivity contribution >= 4 is 23.4 Å². The smallest absolute Gasteiger partial charge is 0.257 e. The van der Waals surface area contributed by atoms with Crippen molar-refractivity contribution in [2.75, 3.05) is 26.2 Å². The first-order valence-electron chi connectivity index (χ1n) is 9.53. The van der Waals surface area contributed by atoms with E-state index in [0.717, 1.165) is 11.8 Å². The second kappa shape index (κ2) is 7.18. The topological polar surface area (TPSA) is 40.6 Å². The Hall–Kier alpha value is -1.62. The molecule has 0 spiro atoms. The molecule has 0 N–H and O–H groups in total. The second-order valence-electron chi connectivity index (χ2n) is 7.94. The summed E-state index contributed by atoms with van der Waals surface area (Å²) in [7, 11) is 0. The van der Waals surface area contributed by atoms with Gasteiger partial charge in [-0.3, -0.25) is 9.59 Å². The summed E-state index contributed by atoms with van der Waals surface area (Å²) in [5.74, 6) is 1.45. The van der Waals surface area contributed by atoms with Crippen LogP contribution < -0.4 is 0 Å². The molecule has 0 aromatic heterocycles. The van der Waals surface area contributed by atoms with E-state index >= 15 is 0 Å². The Morgan fingerprint density at radius 1 is 1.08 bits per heavy atom. The Bertz CT molecular complexity index is 718. The molecule has 1 aromatic rings. The van der Waals surface area contributed by atoms with Gasteiger partial charge in [-0.15, -0.1) is 0 Å². The van der Waals surface area contributed by atoms with Crippen LogP contribution in [-0.4, -0.2) is 47.8 Å². The van der Waals surface area contributed by atoms with Gasteiger partial charge in [0.15, 0.2) is 0 Å². The van der Waals surface area contributed by atoms with E-state index in [2.05, 4.69) is 0 Å². The molecule has 2 bridgehead atoms. The van der Waals surface area contributed by atoms with Crippen LogP contribution in [-0.2, 0) is 4.79 Å². The summed E-state index contributed by atoms with van der Waals surface area (Å²) in [6, 6.07) is 4.01. The third-order valence-corrected chi connectivity index (χ3v) is 6.63. The van der Waals surface area contributed by atoms with Gasteiger partial charge in [-0.25, -0.2) is 4.39 Å². The standard InChI is InChI=1S/C20H24ClFN2O2/c21-16-3-4-18(22)17(12-16)20(26)24-7-5-23(6-8-24)19(25)11-15-10-13-1-2-14(15)9-13/h3-4,12-15H,1-2,5-11H2. The van der Waals surface area contributed by atoms with Gasteiger partial charge in [0, 0.05) is 37.6 Å². The maximum atomic E-state index is 13.9. The maximum Gasteiger partial charge on any atom is 0.257 e. The number of fused-ring (bicyclic) bond motifs is 2. The lowest BCUT2D eigenvalue weighted by Crippen LogP contribution is -2.51. The number of carbonyl (C=O) groups is 2. The van der Waals surface area contributed by atoms with Gasteiger partial charge in [0.1, 0.15) is 5.82 Å². The molecule has 4 rings (SSSR count). The van der Waals surface area contributed by atoms with Gasteiger partial charge in [0.05, 0.1) is 5.56 Å². The van der Waals surface area contributed by atoms with Crippen LogP contribution in [0.15, 0.2) is 18.2 Å². The number of nitrogens with zero attached hydrogens (tertiary/aromatic N) is 2. The Balaban J connectivity index is 1.31. The summed E-state index contributed by atoms with van der Waals surface area (Å²) >= 11 is 5.88. The number of hydrogen-bond donors (Lipinski definition) is 0. The second-order valence-corrected chi connectivity index (χ2v) is 8.37. The third kappa shape index (κ3) is 3.46. The molecule has 1 aromatic carbocycles. The van der Waals surface area contributed by atoms with Crippen molar-refractivity contribution in [3.8, 4) is 0 Å². The van der Waals surface area contributed by atoms with E-state index in [-0.39, 0.29) is 17.4 Å². The van der Waals surface area contributed by atoms with Crippen molar-refractivity contribution in [1.29, 1.82) is 0 Å². The highest BCUT2D eigenvalue weighted by Crippen LogP contribution is 2.49. The fourth-order valence-electron chi connectivity index (χ4n) is 4.97. The van der Waals surface area contributed by atoms with Gasteiger partial charge in [0.25, 0.3) is 5.91 Å². The first-order valence-corrected chi connectivity index (χ1v) is 9.91. The average molecular weight is 379 g/mol. The number of halogens is 2. The minimum Gasteiger partial charge on any atom is -0.339 e. The van der Waals surface area contributed by atoms with Gasteiger partial charge >= 0.3 is 0 Å². The molecule has 6 heteroatoms. The molecule has 2 saturated carbocycles. The quantitative estimate of drug-likeness (QED) is 0.806. The van der Waals surface area contributed by atoms with Gasteiger partial charge in [0.2, 0.25) is 5.91 Å². The fraction of sp³-hybridized carbons (Fsp3) is 0.600. The summed E-state index contributed by atoms with van der Waals surface area (Å²) in [4.78, 5) is 28.6. The summed E-state index contributed by atoms with van der Waals surface area (Å²) in [6.07, 6.45) is 5.80. The molecule has 4 nitrogen and oxygen atoms in total. The lowest BCUT2D eigenvalue weighted by molar-refractivity contribution is -0.134. The molecule has 3 unspecified atom stereocenters. The van der Waals surface area contributed by atoms with E-state index in [4.69, 9.17) is 11.6 Å². The van der Waals surface area contributed by atoms with Crippen molar-refractivity contribution in [3.63, 3.8) is 0 Å². The monoisotopic (exact) mass is 378 g/mol. The van der Waals surface area contributed by atoms with E-state index in [1.54, 1.807) is 4.90 Å². The predicted molar refractivity (Wildman–Crippen MR) is 97.4 cm³/mol. The Morgan fingerprint density at radius 3 is 2.46 bits per heavy atom. The minimum absolute atomic E-state index is 0.000688. The van der Waals surface area contributed by atoms with Gasteiger partial charge < -0.3 is 9.80 Å². The molecule has 0 radical (unpaired) electrons. The molecule has 3 atom stereocenters. The van der Waals surface area contributed by atoms with Gasteiger partial charge in [-0.1, -0.05) is 18.0 Å². The molecule has 3 fully saturated rings. The largest absolute Gasteiger partial charge is 0.339 e. The van der Waals surface area contributed by atoms with Crippen molar-refractivity contribution in [2.45, 2.75) is 32.1 Å². The Labute approximate surface area is 158 Å². The lowest BCUT2D eigenvalue weighted by atomic mass is 9.86. The van der Waals surface area contributed by atoms with Crippen molar-refractivity contribution < 1.29 is 14.0 Å². The van der Waals surface area contributed by atoms with Gasteiger partial charge in [-0.2, -0.15) is 0 Å². The maximum absolute atomic E-state index is 13.9. The highest BCUT2D eigenvalue weighted by Gasteiger charge is 2.40. The average Bonchev–Trinajstić information content (AvgIpc) is 3.26. The van der Waals surface area contributed by atoms with Crippen LogP contribution in [0.3, 0.4) is 0 Å². The lowest BCUT2D eigenvalue weighted by Gasteiger charge is -2.36. The summed E-state index contributed by atoms with van der Waals surface area (Å²) < 4.78 is 13.9. The molecule has 1 aliphatic heterocycles. The number of carbonyl (C=O) groups excluding carboxylic acids is 2. The first-order chi connectivity index (χ1) is 12.5. The SMILES string of the molecule is O=C(CC1CC2CCC1C2)N1CCN(C(=O)c2cc(Cl)ccc2F)CC1. The number of hydrogen-bond acceptors (Lipinski definition) is 2. The molecule has 3 aliphatic rings. The zero-order valence-corrected chi connectivity index (χ0v) is 15.6. The van der Waals surface area contributed by atoms with Crippen LogP contribution in [0.4, 0.5) is 4.39 Å². The summed E-state index contributed by atoms with van der Waals surface area (Å²) in [5.41, 5.74) is -0.000688. The number of amides is 2. The molecular weight excluding hydrogens is 355 g/mol. The molecule has 26 heavy (non-hydrogen) atoms. The van der Waals surface area contributed by atoms with E-state index < -0.39 is 5.82 Å². The van der Waals surface area contributed by atoms with Gasteiger partial charge in [-0.05, 0) is 55.2 Å². The van der Waals surface area contributed by atoms with Crippen LogP contribution >= 0.6 is 11.6 Å². The highest BCUT2D eigenvalue weighted by molar-refractivity contribution is 6.31.